The van der Waals surface area contributed by atoms with Crippen LogP contribution in [0.2, 0.25) is 0 Å². The number of rotatable bonds is 14. The van der Waals surface area contributed by atoms with Gasteiger partial charge < -0.3 is 9.47 Å². The molecule has 24 heavy (non-hydrogen) atoms. The average Bonchev–Trinajstić information content (AvgIpc) is 2.49. The van der Waals surface area contributed by atoms with Gasteiger partial charge in [0.25, 0.3) is 0 Å². The molecule has 0 aromatic heterocycles. The molecule has 0 bridgehead atoms. The first-order valence-corrected chi connectivity index (χ1v) is 9.62. The number of esters is 2. The highest BCUT2D eigenvalue weighted by Gasteiger charge is 2.20. The van der Waals surface area contributed by atoms with Crippen molar-refractivity contribution < 1.29 is 36.2 Å². The summed E-state index contributed by atoms with van der Waals surface area (Å²) in [5.41, 5.74) is 0. The maximum absolute atomic E-state index is 11.7. The predicted molar refractivity (Wildman–Crippen MR) is 86.6 cm³/mol. The van der Waals surface area contributed by atoms with Gasteiger partial charge in [0.1, 0.15) is 13.2 Å². The Kier molecular flexibility index (Phi) is 12.5. The molecule has 0 fully saturated rings. The van der Waals surface area contributed by atoms with E-state index in [-0.39, 0.29) is 19.4 Å². The van der Waals surface area contributed by atoms with E-state index in [4.69, 9.17) is 14.0 Å². The second-order valence-electron chi connectivity index (χ2n) is 5.42. The van der Waals surface area contributed by atoms with Crippen LogP contribution in [-0.2, 0) is 33.6 Å². The first-order chi connectivity index (χ1) is 11.3. The van der Waals surface area contributed by atoms with Crippen molar-refractivity contribution in [1.29, 1.82) is 0 Å². The van der Waals surface area contributed by atoms with Crippen LogP contribution in [0.1, 0.15) is 65.2 Å². The molecule has 0 radical (unpaired) electrons. The molecule has 0 saturated heterocycles. The van der Waals surface area contributed by atoms with E-state index in [9.17, 15) is 18.0 Å². The maximum Gasteiger partial charge on any atom is 0.397 e. The Labute approximate surface area is 143 Å². The van der Waals surface area contributed by atoms with E-state index in [1.54, 1.807) is 0 Å². The Morgan fingerprint density at radius 2 is 1.46 bits per heavy atom. The van der Waals surface area contributed by atoms with Crippen LogP contribution in [0.25, 0.3) is 0 Å². The second kappa shape index (κ2) is 13.1. The molecule has 8 nitrogen and oxygen atoms in total. The standard InChI is InChI=1S/C15H28O8S/c1-3-5-7-9-14(16)21-11-13(12-22-24(18,19)20)23-15(17)10-8-6-4-2/h13H,3-12H2,1-2H3,(H,18,19,20). The summed E-state index contributed by atoms with van der Waals surface area (Å²) in [7, 11) is -4.66. The smallest absolute Gasteiger partial charge is 0.397 e. The third kappa shape index (κ3) is 14.4. The molecule has 0 heterocycles. The number of hydrogen-bond acceptors (Lipinski definition) is 7. The molecule has 0 rings (SSSR count). The lowest BCUT2D eigenvalue weighted by Crippen LogP contribution is -2.30. The molecule has 0 aliphatic heterocycles. The van der Waals surface area contributed by atoms with Gasteiger partial charge in [-0.15, -0.1) is 0 Å². The van der Waals surface area contributed by atoms with Gasteiger partial charge in [0.05, 0.1) is 0 Å². The minimum atomic E-state index is -4.66. The van der Waals surface area contributed by atoms with Crippen LogP contribution in [0.3, 0.4) is 0 Å². The van der Waals surface area contributed by atoms with Crippen molar-refractivity contribution in [1.82, 2.24) is 0 Å². The first kappa shape index (κ1) is 22.8. The van der Waals surface area contributed by atoms with Crippen molar-refractivity contribution in [3.05, 3.63) is 0 Å². The number of carbonyl (C=O) groups is 2. The summed E-state index contributed by atoms with van der Waals surface area (Å²) in [6.45, 7) is 3.07. The highest BCUT2D eigenvalue weighted by atomic mass is 32.3. The van der Waals surface area contributed by atoms with Crippen LogP contribution in [0.15, 0.2) is 0 Å². The summed E-state index contributed by atoms with van der Waals surface area (Å²) >= 11 is 0. The SMILES string of the molecule is CCCCCC(=O)OCC(COS(=O)(=O)O)OC(=O)CCCCC. The van der Waals surface area contributed by atoms with Gasteiger partial charge in [0, 0.05) is 12.8 Å². The maximum atomic E-state index is 11.7. The Hall–Kier alpha value is -1.19. The quantitative estimate of drug-likeness (QED) is 0.282. The zero-order valence-electron chi connectivity index (χ0n) is 14.4. The molecule has 0 aliphatic rings. The fourth-order valence-corrected chi connectivity index (χ4v) is 2.14. The molecule has 1 unspecified atom stereocenters. The topological polar surface area (TPSA) is 116 Å². The lowest BCUT2D eigenvalue weighted by molar-refractivity contribution is -0.161. The fraction of sp³-hybridized carbons (Fsp3) is 0.867. The summed E-state index contributed by atoms with van der Waals surface area (Å²) in [4.78, 5) is 23.2. The van der Waals surface area contributed by atoms with Crippen LogP contribution in [0, 0.1) is 0 Å². The van der Waals surface area contributed by atoms with Crippen LogP contribution in [-0.4, -0.2) is 44.2 Å². The molecule has 0 spiro atoms. The van der Waals surface area contributed by atoms with Crippen LogP contribution >= 0.6 is 0 Å². The molecule has 0 amide bonds. The largest absolute Gasteiger partial charge is 0.462 e. The van der Waals surface area contributed by atoms with E-state index in [1.807, 2.05) is 13.8 Å². The minimum Gasteiger partial charge on any atom is -0.462 e. The zero-order chi connectivity index (χ0) is 18.4. The third-order valence-electron chi connectivity index (χ3n) is 3.10. The van der Waals surface area contributed by atoms with Gasteiger partial charge in [-0.3, -0.25) is 14.1 Å². The van der Waals surface area contributed by atoms with Gasteiger partial charge in [-0.1, -0.05) is 39.5 Å². The van der Waals surface area contributed by atoms with Gasteiger partial charge in [-0.25, -0.2) is 4.18 Å². The molecule has 0 aromatic rings. The van der Waals surface area contributed by atoms with Crippen molar-refractivity contribution >= 4 is 22.3 Å². The summed E-state index contributed by atoms with van der Waals surface area (Å²) in [5.74, 6) is -0.989. The summed E-state index contributed by atoms with van der Waals surface area (Å²) in [6, 6.07) is 0. The molecule has 0 aromatic carbocycles. The average molecular weight is 368 g/mol. The lowest BCUT2D eigenvalue weighted by Gasteiger charge is -2.17. The van der Waals surface area contributed by atoms with Gasteiger partial charge in [0.15, 0.2) is 6.10 Å². The summed E-state index contributed by atoms with van der Waals surface area (Å²) in [6.07, 6.45) is 4.35. The predicted octanol–water partition coefficient (Wildman–Crippen LogP) is 2.42. The minimum absolute atomic E-state index is 0.181. The molecular weight excluding hydrogens is 340 g/mol. The normalized spacial score (nSPS) is 12.6. The molecule has 0 aliphatic carbocycles. The van der Waals surface area contributed by atoms with Crippen molar-refractivity contribution in [2.24, 2.45) is 0 Å². The van der Waals surface area contributed by atoms with Crippen LogP contribution < -0.4 is 0 Å². The molecule has 142 valence electrons. The van der Waals surface area contributed by atoms with E-state index in [2.05, 4.69) is 4.18 Å². The van der Waals surface area contributed by atoms with E-state index < -0.39 is 35.0 Å². The number of unbranched alkanes of at least 4 members (excludes halogenated alkanes) is 4. The Morgan fingerprint density at radius 1 is 0.917 bits per heavy atom. The summed E-state index contributed by atoms with van der Waals surface area (Å²) in [5, 5.41) is 0. The molecule has 0 saturated carbocycles. The van der Waals surface area contributed by atoms with E-state index in [0.717, 1.165) is 25.7 Å². The fourth-order valence-electron chi connectivity index (χ4n) is 1.82. The molecule has 1 N–H and O–H groups in total. The highest BCUT2D eigenvalue weighted by molar-refractivity contribution is 7.80. The van der Waals surface area contributed by atoms with Crippen molar-refractivity contribution in [3.8, 4) is 0 Å². The highest BCUT2D eigenvalue weighted by Crippen LogP contribution is 2.06. The van der Waals surface area contributed by atoms with Gasteiger partial charge in [-0.2, -0.15) is 8.42 Å². The Morgan fingerprint density at radius 3 is 1.96 bits per heavy atom. The van der Waals surface area contributed by atoms with Gasteiger partial charge in [-0.05, 0) is 12.8 Å². The Balaban J connectivity index is 4.36. The second-order valence-corrected chi connectivity index (χ2v) is 6.51. The summed E-state index contributed by atoms with van der Waals surface area (Å²) < 4.78 is 44.1. The number of hydrogen-bond donors (Lipinski definition) is 1. The number of ether oxygens (including phenoxy) is 2. The van der Waals surface area contributed by atoms with Gasteiger partial charge in [0.2, 0.25) is 0 Å². The van der Waals surface area contributed by atoms with E-state index in [1.165, 1.54) is 0 Å². The van der Waals surface area contributed by atoms with Crippen molar-refractivity contribution in [2.45, 2.75) is 71.3 Å². The van der Waals surface area contributed by atoms with Crippen LogP contribution in [0.4, 0.5) is 0 Å². The van der Waals surface area contributed by atoms with Crippen molar-refractivity contribution in [2.75, 3.05) is 13.2 Å². The monoisotopic (exact) mass is 368 g/mol. The first-order valence-electron chi connectivity index (χ1n) is 8.25. The third-order valence-corrected chi connectivity index (χ3v) is 3.53. The molecular formula is C15H28O8S. The van der Waals surface area contributed by atoms with Crippen molar-refractivity contribution in [3.63, 3.8) is 0 Å². The van der Waals surface area contributed by atoms with Crippen LogP contribution in [0.5, 0.6) is 0 Å². The van der Waals surface area contributed by atoms with E-state index >= 15 is 0 Å². The number of carbonyl (C=O) groups excluding carboxylic acids is 2. The lowest BCUT2D eigenvalue weighted by atomic mass is 10.2. The zero-order valence-corrected chi connectivity index (χ0v) is 15.2. The Bertz CT molecular complexity index is 460. The molecule has 1 atom stereocenters. The van der Waals surface area contributed by atoms with E-state index in [0.29, 0.717) is 12.8 Å². The van der Waals surface area contributed by atoms with Gasteiger partial charge >= 0.3 is 22.3 Å². The molecule has 9 heteroatoms.